The maximum Gasteiger partial charge on any atom is 0.159 e. The van der Waals surface area contributed by atoms with Gasteiger partial charge in [0.25, 0.3) is 0 Å². The molecule has 3 aromatic carbocycles. The van der Waals surface area contributed by atoms with Crippen LogP contribution in [0, 0.1) is 5.92 Å². The van der Waals surface area contributed by atoms with Crippen molar-refractivity contribution >= 4 is 10.8 Å². The zero-order valence-corrected chi connectivity index (χ0v) is 18.9. The number of hydrogen-bond acceptors (Lipinski definition) is 2. The molecule has 0 unspecified atom stereocenters. The first kappa shape index (κ1) is 19.9. The number of aryl methyl sites for hydroxylation is 2. The standard InChI is InChI=1S/C29H30N2/c1-18(2)13-20-9-12-26-22(14-20)10-11-23-17-30-29(31-28(23)26)24-15-21-7-5-6-8-25(21)27(16-24)19(3)4/h5-9,12,14-19H,10-11,13H2,1-4H3. The van der Waals surface area contributed by atoms with Crippen LogP contribution in [0.4, 0.5) is 0 Å². The monoisotopic (exact) mass is 406 g/mol. The zero-order chi connectivity index (χ0) is 21.5. The molecule has 1 aliphatic carbocycles. The van der Waals surface area contributed by atoms with E-state index in [2.05, 4.69) is 82.3 Å². The Balaban J connectivity index is 1.61. The summed E-state index contributed by atoms with van der Waals surface area (Å²) in [5.41, 5.74) is 8.97. The normalized spacial score (nSPS) is 13.0. The van der Waals surface area contributed by atoms with Gasteiger partial charge in [0, 0.05) is 17.3 Å². The zero-order valence-electron chi connectivity index (χ0n) is 18.9. The average molecular weight is 407 g/mol. The highest BCUT2D eigenvalue weighted by Crippen LogP contribution is 2.35. The Morgan fingerprint density at radius 3 is 2.48 bits per heavy atom. The molecule has 0 atom stereocenters. The van der Waals surface area contributed by atoms with E-state index in [1.807, 2.05) is 6.20 Å². The first-order valence-corrected chi connectivity index (χ1v) is 11.5. The fraction of sp³-hybridized carbons (Fsp3) is 0.310. The van der Waals surface area contributed by atoms with Crippen molar-refractivity contribution in [3.63, 3.8) is 0 Å². The highest BCUT2D eigenvalue weighted by molar-refractivity contribution is 5.90. The Morgan fingerprint density at radius 2 is 1.68 bits per heavy atom. The molecule has 1 aliphatic rings. The number of aromatic nitrogens is 2. The van der Waals surface area contributed by atoms with Crippen LogP contribution in [0.1, 0.15) is 55.9 Å². The van der Waals surface area contributed by atoms with Gasteiger partial charge in [0.05, 0.1) is 5.69 Å². The molecule has 0 saturated heterocycles. The Hall–Kier alpha value is -3.00. The third-order valence-electron chi connectivity index (χ3n) is 6.37. The summed E-state index contributed by atoms with van der Waals surface area (Å²) in [6.45, 7) is 9.07. The molecule has 1 heterocycles. The third-order valence-corrected chi connectivity index (χ3v) is 6.37. The summed E-state index contributed by atoms with van der Waals surface area (Å²) in [6.07, 6.45) is 5.27. The molecule has 5 rings (SSSR count). The largest absolute Gasteiger partial charge is 0.236 e. The number of hydrogen-bond donors (Lipinski definition) is 0. The van der Waals surface area contributed by atoms with Gasteiger partial charge in [-0.05, 0) is 76.3 Å². The Bertz CT molecular complexity index is 1270. The maximum atomic E-state index is 5.11. The van der Waals surface area contributed by atoms with Crippen LogP contribution in [0.2, 0.25) is 0 Å². The minimum atomic E-state index is 0.447. The van der Waals surface area contributed by atoms with Crippen LogP contribution in [0.15, 0.2) is 60.8 Å². The van der Waals surface area contributed by atoms with Gasteiger partial charge in [0.1, 0.15) is 0 Å². The van der Waals surface area contributed by atoms with E-state index in [1.165, 1.54) is 38.6 Å². The Morgan fingerprint density at radius 1 is 0.871 bits per heavy atom. The molecule has 2 heteroatoms. The molecule has 31 heavy (non-hydrogen) atoms. The number of fused-ring (bicyclic) bond motifs is 4. The topological polar surface area (TPSA) is 25.8 Å². The molecule has 0 aliphatic heterocycles. The van der Waals surface area contributed by atoms with Crippen molar-refractivity contribution in [1.82, 2.24) is 9.97 Å². The van der Waals surface area contributed by atoms with Gasteiger partial charge in [-0.3, -0.25) is 0 Å². The number of rotatable bonds is 4. The highest BCUT2D eigenvalue weighted by atomic mass is 14.9. The lowest BCUT2D eigenvalue weighted by Gasteiger charge is -2.21. The first-order chi connectivity index (χ1) is 15.0. The summed E-state index contributed by atoms with van der Waals surface area (Å²) in [4.78, 5) is 9.90. The molecule has 0 bridgehead atoms. The molecule has 2 nitrogen and oxygen atoms in total. The molecule has 156 valence electrons. The van der Waals surface area contributed by atoms with Crippen LogP contribution in [-0.2, 0) is 19.3 Å². The van der Waals surface area contributed by atoms with E-state index in [0.29, 0.717) is 11.8 Å². The molecule has 1 aromatic heterocycles. The minimum Gasteiger partial charge on any atom is -0.236 e. The maximum absolute atomic E-state index is 5.11. The summed E-state index contributed by atoms with van der Waals surface area (Å²) in [5.74, 6) is 1.94. The summed E-state index contributed by atoms with van der Waals surface area (Å²) >= 11 is 0. The second-order valence-corrected chi connectivity index (χ2v) is 9.60. The number of nitrogens with zero attached hydrogens (tertiary/aromatic N) is 2. The van der Waals surface area contributed by atoms with Crippen LogP contribution in [0.25, 0.3) is 33.4 Å². The minimum absolute atomic E-state index is 0.447. The molecular formula is C29H30N2. The predicted octanol–water partition coefficient (Wildman–Crippen LogP) is 7.38. The fourth-order valence-corrected chi connectivity index (χ4v) is 4.86. The Kier molecular flexibility index (Phi) is 5.09. The van der Waals surface area contributed by atoms with Crippen molar-refractivity contribution in [1.29, 1.82) is 0 Å². The first-order valence-electron chi connectivity index (χ1n) is 11.5. The quantitative estimate of drug-likeness (QED) is 0.353. The van der Waals surface area contributed by atoms with Crippen molar-refractivity contribution in [3.8, 4) is 22.6 Å². The lowest BCUT2D eigenvalue weighted by atomic mass is 9.87. The second-order valence-electron chi connectivity index (χ2n) is 9.60. The molecule has 0 fully saturated rings. The van der Waals surface area contributed by atoms with Gasteiger partial charge in [0.15, 0.2) is 5.82 Å². The van der Waals surface area contributed by atoms with Gasteiger partial charge in [0.2, 0.25) is 0 Å². The molecule has 0 N–H and O–H groups in total. The molecule has 4 aromatic rings. The van der Waals surface area contributed by atoms with Crippen molar-refractivity contribution in [2.75, 3.05) is 0 Å². The van der Waals surface area contributed by atoms with Crippen LogP contribution in [0.5, 0.6) is 0 Å². The average Bonchev–Trinajstić information content (AvgIpc) is 2.77. The highest BCUT2D eigenvalue weighted by Gasteiger charge is 2.20. The summed E-state index contributed by atoms with van der Waals surface area (Å²) in [6, 6.07) is 20.1. The van der Waals surface area contributed by atoms with Gasteiger partial charge in [-0.25, -0.2) is 9.97 Å². The molecule has 0 saturated carbocycles. The summed E-state index contributed by atoms with van der Waals surface area (Å²) in [7, 11) is 0. The van der Waals surface area contributed by atoms with E-state index in [-0.39, 0.29) is 0 Å². The van der Waals surface area contributed by atoms with Crippen molar-refractivity contribution in [2.24, 2.45) is 5.92 Å². The molecular weight excluding hydrogens is 376 g/mol. The SMILES string of the molecule is CC(C)Cc1ccc2c(c1)CCc1cnc(-c3cc(C(C)C)c4ccccc4c3)nc1-2. The van der Waals surface area contributed by atoms with Crippen molar-refractivity contribution in [3.05, 3.63) is 83.0 Å². The third kappa shape index (κ3) is 3.76. The van der Waals surface area contributed by atoms with Gasteiger partial charge in [-0.1, -0.05) is 70.2 Å². The van der Waals surface area contributed by atoms with Crippen LogP contribution < -0.4 is 0 Å². The van der Waals surface area contributed by atoms with Crippen molar-refractivity contribution in [2.45, 2.75) is 52.9 Å². The van der Waals surface area contributed by atoms with Crippen LogP contribution >= 0.6 is 0 Å². The predicted molar refractivity (Wildman–Crippen MR) is 130 cm³/mol. The van der Waals surface area contributed by atoms with Gasteiger partial charge in [-0.15, -0.1) is 0 Å². The second kappa shape index (κ2) is 7.92. The summed E-state index contributed by atoms with van der Waals surface area (Å²) < 4.78 is 0. The van der Waals surface area contributed by atoms with Crippen LogP contribution in [-0.4, -0.2) is 9.97 Å². The van der Waals surface area contributed by atoms with Crippen molar-refractivity contribution < 1.29 is 0 Å². The number of benzene rings is 3. The van der Waals surface area contributed by atoms with Gasteiger partial charge < -0.3 is 0 Å². The van der Waals surface area contributed by atoms with Gasteiger partial charge >= 0.3 is 0 Å². The van der Waals surface area contributed by atoms with Crippen LogP contribution in [0.3, 0.4) is 0 Å². The van der Waals surface area contributed by atoms with Gasteiger partial charge in [-0.2, -0.15) is 0 Å². The van der Waals surface area contributed by atoms with E-state index in [9.17, 15) is 0 Å². The lowest BCUT2D eigenvalue weighted by Crippen LogP contribution is -2.09. The van der Waals surface area contributed by atoms with E-state index in [4.69, 9.17) is 9.97 Å². The fourth-order valence-electron chi connectivity index (χ4n) is 4.86. The molecule has 0 spiro atoms. The Labute approximate surface area is 185 Å². The molecule has 0 amide bonds. The lowest BCUT2D eigenvalue weighted by molar-refractivity contribution is 0.646. The summed E-state index contributed by atoms with van der Waals surface area (Å²) in [5, 5.41) is 2.57. The smallest absolute Gasteiger partial charge is 0.159 e. The van der Waals surface area contributed by atoms with E-state index in [1.54, 1.807) is 0 Å². The van der Waals surface area contributed by atoms with E-state index >= 15 is 0 Å². The van der Waals surface area contributed by atoms with E-state index in [0.717, 1.165) is 36.3 Å². The van der Waals surface area contributed by atoms with E-state index < -0.39 is 0 Å². The molecule has 0 radical (unpaired) electrons.